The number of fused-ring (bicyclic) bond motifs is 1. The standard InChI is InChI=1S/C24H20F2N4O/c25-18-8-10-20(11-9-18)29-24(30-23(31)16-4-3-5-19(26)14-16)27-13-12-17-15-28-22-7-2-1-6-21(17)22/h1-11,14-15,28H,12-13H2,(H2,27,29,30,31). The van der Waals surface area contributed by atoms with Gasteiger partial charge in [0.1, 0.15) is 11.6 Å². The fraction of sp³-hybridized carbons (Fsp3) is 0.0833. The molecular weight excluding hydrogens is 398 g/mol. The van der Waals surface area contributed by atoms with Crippen LogP contribution in [0.2, 0.25) is 0 Å². The highest BCUT2D eigenvalue weighted by Gasteiger charge is 2.11. The summed E-state index contributed by atoms with van der Waals surface area (Å²) in [5, 5.41) is 6.78. The first-order valence-electron chi connectivity index (χ1n) is 9.77. The molecule has 0 fully saturated rings. The summed E-state index contributed by atoms with van der Waals surface area (Å²) in [5.41, 5.74) is 2.89. The number of rotatable bonds is 5. The van der Waals surface area contributed by atoms with E-state index in [1.807, 2.05) is 30.5 Å². The van der Waals surface area contributed by atoms with Crippen LogP contribution in [0.5, 0.6) is 0 Å². The summed E-state index contributed by atoms with van der Waals surface area (Å²) in [6, 6.07) is 19.1. The number of amides is 1. The highest BCUT2D eigenvalue weighted by molar-refractivity contribution is 6.09. The summed E-state index contributed by atoms with van der Waals surface area (Å²) >= 11 is 0. The Morgan fingerprint density at radius 3 is 2.55 bits per heavy atom. The number of para-hydroxylation sites is 1. The zero-order valence-electron chi connectivity index (χ0n) is 16.5. The van der Waals surface area contributed by atoms with Crippen molar-refractivity contribution in [1.29, 1.82) is 0 Å². The predicted molar refractivity (Wildman–Crippen MR) is 118 cm³/mol. The first-order chi connectivity index (χ1) is 15.1. The van der Waals surface area contributed by atoms with E-state index in [2.05, 4.69) is 20.6 Å². The van der Waals surface area contributed by atoms with E-state index < -0.39 is 11.7 Å². The maximum absolute atomic E-state index is 13.5. The lowest BCUT2D eigenvalue weighted by molar-refractivity contribution is 0.0976. The Kier molecular flexibility index (Phi) is 6.03. The summed E-state index contributed by atoms with van der Waals surface area (Å²) in [6.45, 7) is 0.398. The van der Waals surface area contributed by atoms with Crippen LogP contribution in [0.25, 0.3) is 10.9 Å². The number of aliphatic imine (C=N–C) groups is 1. The lowest BCUT2D eigenvalue weighted by Gasteiger charge is -2.12. The highest BCUT2D eigenvalue weighted by Crippen LogP contribution is 2.18. The molecule has 3 aromatic carbocycles. The molecule has 1 aromatic heterocycles. The number of aromatic amines is 1. The van der Waals surface area contributed by atoms with Crippen molar-refractivity contribution >= 4 is 28.5 Å². The molecule has 0 unspecified atom stereocenters. The summed E-state index contributed by atoms with van der Waals surface area (Å²) in [5.74, 6) is -1.18. The van der Waals surface area contributed by atoms with E-state index in [-0.39, 0.29) is 17.3 Å². The van der Waals surface area contributed by atoms with Crippen molar-refractivity contribution in [2.24, 2.45) is 4.99 Å². The van der Waals surface area contributed by atoms with Gasteiger partial charge in [-0.1, -0.05) is 24.3 Å². The van der Waals surface area contributed by atoms with Crippen LogP contribution in [0, 0.1) is 11.6 Å². The van der Waals surface area contributed by atoms with Gasteiger partial charge in [0, 0.05) is 34.9 Å². The SMILES string of the molecule is O=C(NC(=NCCc1c[nH]c2ccccc12)Nc1ccc(F)cc1)c1cccc(F)c1. The molecule has 0 bridgehead atoms. The zero-order chi connectivity index (χ0) is 21.6. The summed E-state index contributed by atoms with van der Waals surface area (Å²) in [4.78, 5) is 20.3. The number of nitrogens with zero attached hydrogens (tertiary/aromatic N) is 1. The molecule has 4 rings (SSSR count). The predicted octanol–water partition coefficient (Wildman–Crippen LogP) is 4.89. The fourth-order valence-corrected chi connectivity index (χ4v) is 3.22. The number of halogens is 2. The van der Waals surface area contributed by atoms with E-state index in [0.29, 0.717) is 18.7 Å². The first kappa shape index (κ1) is 20.3. The third-order valence-corrected chi connectivity index (χ3v) is 4.75. The van der Waals surface area contributed by atoms with Gasteiger partial charge in [0.2, 0.25) is 5.96 Å². The number of aromatic nitrogens is 1. The van der Waals surface area contributed by atoms with Crippen LogP contribution in [-0.4, -0.2) is 23.4 Å². The second-order valence-electron chi connectivity index (χ2n) is 6.94. The fourth-order valence-electron chi connectivity index (χ4n) is 3.22. The summed E-state index contributed by atoms with van der Waals surface area (Å²) < 4.78 is 26.7. The lowest BCUT2D eigenvalue weighted by Crippen LogP contribution is -2.36. The minimum absolute atomic E-state index is 0.172. The van der Waals surface area contributed by atoms with E-state index in [1.54, 1.807) is 12.1 Å². The number of hydrogen-bond donors (Lipinski definition) is 3. The van der Waals surface area contributed by atoms with Crippen molar-refractivity contribution in [3.63, 3.8) is 0 Å². The molecule has 31 heavy (non-hydrogen) atoms. The Balaban J connectivity index is 1.51. The smallest absolute Gasteiger partial charge is 0.258 e. The molecule has 0 atom stereocenters. The minimum atomic E-state index is -0.503. The number of benzene rings is 3. The van der Waals surface area contributed by atoms with Crippen LogP contribution in [0.4, 0.5) is 14.5 Å². The van der Waals surface area contributed by atoms with Crippen molar-refractivity contribution in [3.05, 3.63) is 102 Å². The average molecular weight is 418 g/mol. The van der Waals surface area contributed by atoms with E-state index in [0.717, 1.165) is 22.5 Å². The molecule has 0 saturated carbocycles. The largest absolute Gasteiger partial charge is 0.361 e. The maximum Gasteiger partial charge on any atom is 0.258 e. The van der Waals surface area contributed by atoms with Gasteiger partial charge in [-0.2, -0.15) is 0 Å². The van der Waals surface area contributed by atoms with Crippen molar-refractivity contribution in [3.8, 4) is 0 Å². The van der Waals surface area contributed by atoms with Crippen molar-refractivity contribution in [2.75, 3.05) is 11.9 Å². The number of carbonyl (C=O) groups excluding carboxylic acids is 1. The van der Waals surface area contributed by atoms with Gasteiger partial charge < -0.3 is 10.3 Å². The number of H-pyrrole nitrogens is 1. The molecule has 0 aliphatic rings. The Labute approximate surface area is 177 Å². The van der Waals surface area contributed by atoms with Crippen molar-refractivity contribution in [2.45, 2.75) is 6.42 Å². The van der Waals surface area contributed by atoms with Crippen LogP contribution in [0.1, 0.15) is 15.9 Å². The third-order valence-electron chi connectivity index (χ3n) is 4.75. The molecule has 0 aliphatic heterocycles. The second-order valence-corrected chi connectivity index (χ2v) is 6.94. The summed E-state index contributed by atoms with van der Waals surface area (Å²) in [6.07, 6.45) is 2.59. The Bertz CT molecular complexity index is 1230. The van der Waals surface area contributed by atoms with Crippen LogP contribution >= 0.6 is 0 Å². The van der Waals surface area contributed by atoms with Crippen LogP contribution in [0.15, 0.2) is 84.0 Å². The average Bonchev–Trinajstić information content (AvgIpc) is 3.18. The van der Waals surface area contributed by atoms with E-state index >= 15 is 0 Å². The van der Waals surface area contributed by atoms with Crippen LogP contribution < -0.4 is 10.6 Å². The highest BCUT2D eigenvalue weighted by atomic mass is 19.1. The maximum atomic E-state index is 13.5. The minimum Gasteiger partial charge on any atom is -0.361 e. The second kappa shape index (κ2) is 9.21. The van der Waals surface area contributed by atoms with Gasteiger partial charge in [0.15, 0.2) is 0 Å². The topological polar surface area (TPSA) is 69.3 Å². The van der Waals surface area contributed by atoms with Crippen LogP contribution in [-0.2, 0) is 6.42 Å². The molecule has 0 radical (unpaired) electrons. The molecule has 0 spiro atoms. The van der Waals surface area contributed by atoms with Gasteiger partial charge in [-0.25, -0.2) is 8.78 Å². The van der Waals surface area contributed by atoms with E-state index in [1.165, 1.54) is 30.3 Å². The molecule has 5 nitrogen and oxygen atoms in total. The Morgan fingerprint density at radius 2 is 1.74 bits per heavy atom. The quantitative estimate of drug-likeness (QED) is 0.319. The van der Waals surface area contributed by atoms with Gasteiger partial charge in [-0.15, -0.1) is 0 Å². The molecule has 1 amide bonds. The number of anilines is 1. The van der Waals surface area contributed by atoms with Gasteiger partial charge in [-0.05, 0) is 60.5 Å². The number of guanidine groups is 1. The molecule has 1 heterocycles. The normalized spacial score (nSPS) is 11.5. The van der Waals surface area contributed by atoms with Crippen molar-refractivity contribution < 1.29 is 13.6 Å². The Hall–Kier alpha value is -4.00. The molecule has 7 heteroatoms. The number of carbonyl (C=O) groups is 1. The van der Waals surface area contributed by atoms with Gasteiger partial charge in [-0.3, -0.25) is 15.1 Å². The van der Waals surface area contributed by atoms with E-state index in [9.17, 15) is 13.6 Å². The molecule has 4 aromatic rings. The summed E-state index contributed by atoms with van der Waals surface area (Å²) in [7, 11) is 0. The van der Waals surface area contributed by atoms with Crippen LogP contribution in [0.3, 0.4) is 0 Å². The lowest BCUT2D eigenvalue weighted by atomic mass is 10.1. The van der Waals surface area contributed by atoms with Gasteiger partial charge in [0.25, 0.3) is 5.91 Å². The van der Waals surface area contributed by atoms with Gasteiger partial charge >= 0.3 is 0 Å². The number of nitrogens with one attached hydrogen (secondary N) is 3. The molecular formula is C24H20F2N4O. The Morgan fingerprint density at radius 1 is 0.935 bits per heavy atom. The molecule has 0 saturated heterocycles. The zero-order valence-corrected chi connectivity index (χ0v) is 16.5. The molecule has 3 N–H and O–H groups in total. The number of hydrogen-bond acceptors (Lipinski definition) is 2. The van der Waals surface area contributed by atoms with Gasteiger partial charge in [0.05, 0.1) is 0 Å². The van der Waals surface area contributed by atoms with E-state index in [4.69, 9.17) is 0 Å². The molecule has 156 valence electrons. The monoisotopic (exact) mass is 418 g/mol. The third kappa shape index (κ3) is 5.14. The first-order valence-corrected chi connectivity index (χ1v) is 9.77. The van der Waals surface area contributed by atoms with Crippen molar-refractivity contribution in [1.82, 2.24) is 10.3 Å². The molecule has 0 aliphatic carbocycles.